The lowest BCUT2D eigenvalue weighted by Gasteiger charge is -2.30. The molecule has 1 rings (SSSR count). The van der Waals surface area contributed by atoms with Crippen molar-refractivity contribution >= 4 is 22.6 Å². The fraction of sp³-hybridized carbons (Fsp3) is 1.00. The highest BCUT2D eigenvalue weighted by Gasteiger charge is 2.26. The van der Waals surface area contributed by atoms with Gasteiger partial charge in [0, 0.05) is 3.92 Å². The van der Waals surface area contributed by atoms with Crippen molar-refractivity contribution in [2.24, 2.45) is 11.8 Å². The number of alkyl halides is 1. The van der Waals surface area contributed by atoms with Gasteiger partial charge in [-0.15, -0.1) is 0 Å². The average Bonchev–Trinajstić information content (AvgIpc) is 2.07. The third-order valence-electron chi connectivity index (χ3n) is 3.00. The minimum absolute atomic E-state index is 0.0316. The maximum atomic E-state index is 9.57. The molecule has 1 aliphatic carbocycles. The summed E-state index contributed by atoms with van der Waals surface area (Å²) in [6.07, 6.45) is 6.18. The molecule has 3 atom stereocenters. The summed E-state index contributed by atoms with van der Waals surface area (Å²) in [6.45, 7) is 4.58. The maximum absolute atomic E-state index is 9.57. The molecule has 0 spiro atoms. The van der Waals surface area contributed by atoms with Gasteiger partial charge in [0.25, 0.3) is 0 Å². The van der Waals surface area contributed by atoms with E-state index in [-0.39, 0.29) is 6.10 Å². The van der Waals surface area contributed by atoms with E-state index in [0.29, 0.717) is 3.92 Å². The Hall–Kier alpha value is 0.690. The van der Waals surface area contributed by atoms with E-state index in [2.05, 4.69) is 36.4 Å². The maximum Gasteiger partial charge on any atom is 0.0658 e. The zero-order valence-corrected chi connectivity index (χ0v) is 10.8. The summed E-state index contributed by atoms with van der Waals surface area (Å²) >= 11 is 2.41. The largest absolute Gasteiger partial charge is 0.392 e. The van der Waals surface area contributed by atoms with Gasteiger partial charge in [-0.05, 0) is 31.1 Å². The van der Waals surface area contributed by atoms with Crippen molar-refractivity contribution in [3.05, 3.63) is 0 Å². The standard InChI is InChI=1S/C11H21IO/c1-8(2)3-4-9-5-6-11(13)10(12)7-9/h8-11,13H,3-7H2,1-2H3. The topological polar surface area (TPSA) is 20.2 Å². The molecule has 0 amide bonds. The summed E-state index contributed by atoms with van der Waals surface area (Å²) in [5.74, 6) is 1.72. The van der Waals surface area contributed by atoms with Gasteiger partial charge in [0.1, 0.15) is 0 Å². The van der Waals surface area contributed by atoms with Crippen LogP contribution in [0.5, 0.6) is 0 Å². The zero-order chi connectivity index (χ0) is 9.84. The third kappa shape index (κ3) is 4.15. The second kappa shape index (κ2) is 5.54. The van der Waals surface area contributed by atoms with E-state index in [9.17, 15) is 5.11 Å². The molecule has 2 heteroatoms. The van der Waals surface area contributed by atoms with Crippen LogP contribution in [0.1, 0.15) is 46.0 Å². The van der Waals surface area contributed by atoms with Gasteiger partial charge in [0.15, 0.2) is 0 Å². The summed E-state index contributed by atoms with van der Waals surface area (Å²) in [5, 5.41) is 9.57. The molecule has 78 valence electrons. The van der Waals surface area contributed by atoms with Crippen LogP contribution >= 0.6 is 22.6 Å². The highest BCUT2D eigenvalue weighted by molar-refractivity contribution is 14.1. The Kier molecular flexibility index (Phi) is 5.01. The third-order valence-corrected chi connectivity index (χ3v) is 4.34. The molecule has 0 aromatic rings. The normalized spacial score (nSPS) is 35.3. The highest BCUT2D eigenvalue weighted by Crippen LogP contribution is 2.33. The van der Waals surface area contributed by atoms with Gasteiger partial charge in [-0.3, -0.25) is 0 Å². The monoisotopic (exact) mass is 296 g/mol. The lowest BCUT2D eigenvalue weighted by atomic mass is 9.83. The summed E-state index contributed by atoms with van der Waals surface area (Å²) in [5.41, 5.74) is 0. The molecule has 3 unspecified atom stereocenters. The van der Waals surface area contributed by atoms with Crippen LogP contribution in [-0.4, -0.2) is 15.1 Å². The van der Waals surface area contributed by atoms with E-state index >= 15 is 0 Å². The minimum atomic E-state index is -0.0316. The lowest BCUT2D eigenvalue weighted by Crippen LogP contribution is -2.29. The van der Waals surface area contributed by atoms with Crippen LogP contribution in [0.3, 0.4) is 0 Å². The fourth-order valence-corrected chi connectivity index (χ4v) is 3.09. The molecule has 1 saturated carbocycles. The number of rotatable bonds is 3. The van der Waals surface area contributed by atoms with Gasteiger partial charge < -0.3 is 5.11 Å². The van der Waals surface area contributed by atoms with Gasteiger partial charge in [-0.2, -0.15) is 0 Å². The first-order valence-electron chi connectivity index (χ1n) is 5.41. The molecule has 1 fully saturated rings. The smallest absolute Gasteiger partial charge is 0.0658 e. The van der Waals surface area contributed by atoms with Gasteiger partial charge >= 0.3 is 0 Å². The Bertz CT molecular complexity index is 147. The molecule has 0 aromatic heterocycles. The van der Waals surface area contributed by atoms with Crippen molar-refractivity contribution in [1.82, 2.24) is 0 Å². The molecule has 1 aliphatic rings. The van der Waals surface area contributed by atoms with Crippen molar-refractivity contribution in [2.75, 3.05) is 0 Å². The van der Waals surface area contributed by atoms with Gasteiger partial charge in [0.2, 0.25) is 0 Å². The summed E-state index contributed by atoms with van der Waals surface area (Å²) < 4.78 is 0.503. The van der Waals surface area contributed by atoms with Crippen molar-refractivity contribution in [3.8, 4) is 0 Å². The highest BCUT2D eigenvalue weighted by atomic mass is 127. The van der Waals surface area contributed by atoms with Gasteiger partial charge in [-0.1, -0.05) is 49.3 Å². The first-order valence-corrected chi connectivity index (χ1v) is 6.66. The predicted octanol–water partition coefficient (Wildman–Crippen LogP) is 3.39. The van der Waals surface area contributed by atoms with Crippen LogP contribution in [0.15, 0.2) is 0 Å². The molecule has 0 radical (unpaired) electrons. The summed E-state index contributed by atoms with van der Waals surface area (Å²) in [7, 11) is 0. The number of halogens is 1. The lowest BCUT2D eigenvalue weighted by molar-refractivity contribution is 0.117. The first kappa shape index (κ1) is 11.8. The van der Waals surface area contributed by atoms with Crippen molar-refractivity contribution < 1.29 is 5.11 Å². The van der Waals surface area contributed by atoms with E-state index in [1.165, 1.54) is 25.7 Å². The Balaban J connectivity index is 2.21. The fourth-order valence-electron chi connectivity index (χ4n) is 2.01. The van der Waals surface area contributed by atoms with E-state index in [1.807, 2.05) is 0 Å². The summed E-state index contributed by atoms with van der Waals surface area (Å²) in [4.78, 5) is 0. The van der Waals surface area contributed by atoms with Gasteiger partial charge in [0.05, 0.1) is 6.10 Å². The van der Waals surface area contributed by atoms with Crippen molar-refractivity contribution in [3.63, 3.8) is 0 Å². The van der Waals surface area contributed by atoms with Crippen LogP contribution < -0.4 is 0 Å². The minimum Gasteiger partial charge on any atom is -0.392 e. The van der Waals surface area contributed by atoms with Gasteiger partial charge in [-0.25, -0.2) is 0 Å². The van der Waals surface area contributed by atoms with Crippen molar-refractivity contribution in [1.29, 1.82) is 0 Å². The molecule has 0 aromatic carbocycles. The average molecular weight is 296 g/mol. The molecular formula is C11H21IO. The number of aliphatic hydroxyl groups excluding tert-OH is 1. The molecule has 1 nitrogen and oxygen atoms in total. The molecule has 1 N–H and O–H groups in total. The molecule has 13 heavy (non-hydrogen) atoms. The van der Waals surface area contributed by atoms with E-state index in [1.54, 1.807) is 0 Å². The second-order valence-electron chi connectivity index (χ2n) is 4.73. The van der Waals surface area contributed by atoms with E-state index in [4.69, 9.17) is 0 Å². The number of hydrogen-bond donors (Lipinski definition) is 1. The Morgan fingerprint density at radius 2 is 2.08 bits per heavy atom. The molecule has 0 heterocycles. The molecular weight excluding hydrogens is 275 g/mol. The Morgan fingerprint density at radius 3 is 2.62 bits per heavy atom. The van der Waals surface area contributed by atoms with Crippen molar-refractivity contribution in [2.45, 2.75) is 56.0 Å². The SMILES string of the molecule is CC(C)CCC1CCC(O)C(I)C1. The van der Waals surface area contributed by atoms with E-state index in [0.717, 1.165) is 18.3 Å². The van der Waals surface area contributed by atoms with Crippen LogP contribution in [0.2, 0.25) is 0 Å². The quantitative estimate of drug-likeness (QED) is 0.625. The zero-order valence-electron chi connectivity index (χ0n) is 8.67. The molecule has 0 bridgehead atoms. The van der Waals surface area contributed by atoms with Crippen LogP contribution in [0.4, 0.5) is 0 Å². The van der Waals surface area contributed by atoms with Crippen LogP contribution in [-0.2, 0) is 0 Å². The van der Waals surface area contributed by atoms with E-state index < -0.39 is 0 Å². The van der Waals surface area contributed by atoms with Crippen LogP contribution in [0.25, 0.3) is 0 Å². The number of hydrogen-bond acceptors (Lipinski definition) is 1. The Labute approximate surface area is 95.4 Å². The number of aliphatic hydroxyl groups is 1. The van der Waals surface area contributed by atoms with Crippen LogP contribution in [0, 0.1) is 11.8 Å². The molecule has 0 saturated heterocycles. The first-order chi connectivity index (χ1) is 6.09. The predicted molar refractivity (Wildman–Crippen MR) is 65.2 cm³/mol. The second-order valence-corrected chi connectivity index (χ2v) is 6.33. The summed E-state index contributed by atoms with van der Waals surface area (Å²) in [6, 6.07) is 0. The Morgan fingerprint density at radius 1 is 1.38 bits per heavy atom. The molecule has 0 aliphatic heterocycles.